The normalized spacial score (nSPS) is 28.2. The molecule has 3 fully saturated rings. The molecule has 5 rings (SSSR count). The summed E-state index contributed by atoms with van der Waals surface area (Å²) in [6, 6.07) is 0.440. The van der Waals surface area contributed by atoms with Crippen LogP contribution in [-0.4, -0.2) is 121 Å². The van der Waals surface area contributed by atoms with Gasteiger partial charge in [-0.1, -0.05) is 19.3 Å². The van der Waals surface area contributed by atoms with Gasteiger partial charge in [-0.2, -0.15) is 25.4 Å². The van der Waals surface area contributed by atoms with Crippen molar-refractivity contribution in [1.29, 1.82) is 0 Å². The fourth-order valence-corrected chi connectivity index (χ4v) is 10.8. The Labute approximate surface area is 321 Å². The number of phosphoric ester groups is 1. The molecule has 0 radical (unpaired) electrons. The van der Waals surface area contributed by atoms with Crippen LogP contribution in [0.25, 0.3) is 11.2 Å². The third-order valence-electron chi connectivity index (χ3n) is 8.66. The minimum Gasteiger partial charge on any atom is -0.481 e. The number of carboxylic acid groups (broad SMARTS) is 1. The first-order valence-electron chi connectivity index (χ1n) is 17.0. The largest absolute Gasteiger partial charge is 0.490 e. The lowest BCUT2D eigenvalue weighted by Crippen LogP contribution is -2.53. The number of aliphatic carboxylic acids is 1. The first-order valence-corrected chi connectivity index (χ1v) is 22.6. The zero-order valence-corrected chi connectivity index (χ0v) is 33.0. The second-order valence-corrected chi connectivity index (χ2v) is 18.6. The number of carboxylic acids is 1. The number of urea groups is 1. The third kappa shape index (κ3) is 12.2. The molecule has 26 nitrogen and oxygen atoms in total. The Hall–Kier alpha value is -2.55. The number of aromatic amines is 1. The van der Waals surface area contributed by atoms with Crippen LogP contribution in [0.5, 0.6) is 0 Å². The van der Waals surface area contributed by atoms with Gasteiger partial charge in [-0.05, 0) is 32.2 Å². The number of anilines is 1. The van der Waals surface area contributed by atoms with Gasteiger partial charge in [0, 0.05) is 23.8 Å². The van der Waals surface area contributed by atoms with E-state index in [0.717, 1.165) is 48.8 Å². The Balaban J connectivity index is 0.000000360. The van der Waals surface area contributed by atoms with E-state index in [1.165, 1.54) is 0 Å². The zero-order valence-electron chi connectivity index (χ0n) is 29.5. The second-order valence-electron chi connectivity index (χ2n) is 12.9. The van der Waals surface area contributed by atoms with E-state index in [9.17, 15) is 48.1 Å². The van der Waals surface area contributed by atoms with Crippen LogP contribution in [0.3, 0.4) is 0 Å². The molecule has 3 saturated heterocycles. The van der Waals surface area contributed by atoms with Crippen LogP contribution in [0.4, 0.5) is 10.7 Å². The minimum absolute atomic E-state index is 0.0640. The molecule has 2 amide bonds. The van der Waals surface area contributed by atoms with Gasteiger partial charge in [0.1, 0.15) is 24.1 Å². The SMILES string of the molecule is NCCCCCCc1nc2c(=O)[nH]c(N)nc2n1[C@]1(N)O[C@H](COP(=O)(O)OP(=O)(O)OP(=O)(O)O)[C@@H](O)[C@H]1O.O=C(O)CCCC[C@@H]1SC[C@@H]2NC(=O)N[C@@H]21. The van der Waals surface area contributed by atoms with Crippen LogP contribution in [0.2, 0.25) is 0 Å². The smallest absolute Gasteiger partial charge is 0.481 e. The number of nitrogens with zero attached hydrogens (tertiary/aromatic N) is 3. The summed E-state index contributed by atoms with van der Waals surface area (Å²) in [5.74, 6) is -2.36. The number of thioether (sulfide) groups is 1. The lowest BCUT2D eigenvalue weighted by molar-refractivity contribution is -0.142. The summed E-state index contributed by atoms with van der Waals surface area (Å²) in [6.07, 6.45) is 0.308. The van der Waals surface area contributed by atoms with Gasteiger partial charge in [0.25, 0.3) is 5.56 Å². The Morgan fingerprint density at radius 2 is 1.70 bits per heavy atom. The van der Waals surface area contributed by atoms with Crippen molar-refractivity contribution in [2.75, 3.05) is 24.6 Å². The van der Waals surface area contributed by atoms with Crippen molar-refractivity contribution >= 4 is 64.3 Å². The minimum atomic E-state index is -5.80. The third-order valence-corrected chi connectivity index (χ3v) is 14.0. The molecule has 0 bridgehead atoms. The van der Waals surface area contributed by atoms with E-state index in [4.69, 9.17) is 36.8 Å². The number of amides is 2. The molecule has 318 valence electrons. The Bertz CT molecular complexity index is 1920. The van der Waals surface area contributed by atoms with Gasteiger partial charge in [-0.15, -0.1) is 0 Å². The maximum Gasteiger partial charge on any atom is 0.490 e. The summed E-state index contributed by atoms with van der Waals surface area (Å²) in [5, 5.41) is 36.2. The number of imidazole rings is 1. The number of carbonyl (C=O) groups excluding carboxylic acids is 1. The molecule has 2 aromatic rings. The molecule has 9 atom stereocenters. The van der Waals surface area contributed by atoms with Gasteiger partial charge >= 0.3 is 35.5 Å². The highest BCUT2D eigenvalue weighted by Gasteiger charge is 2.56. The van der Waals surface area contributed by atoms with E-state index in [-0.39, 0.29) is 53.9 Å². The van der Waals surface area contributed by atoms with E-state index in [1.807, 2.05) is 11.8 Å². The molecule has 0 saturated carbocycles. The van der Waals surface area contributed by atoms with Crippen molar-refractivity contribution < 1.29 is 76.1 Å². The molecule has 16 N–H and O–H groups in total. The molecular formula is C26H46N9O17P3S. The van der Waals surface area contributed by atoms with Crippen LogP contribution in [0.1, 0.15) is 57.2 Å². The average molecular weight is 882 g/mol. The van der Waals surface area contributed by atoms with Crippen LogP contribution < -0.4 is 33.4 Å². The molecule has 0 aromatic carbocycles. The highest BCUT2D eigenvalue weighted by molar-refractivity contribution is 8.00. The van der Waals surface area contributed by atoms with Gasteiger partial charge < -0.3 is 61.7 Å². The van der Waals surface area contributed by atoms with Crippen molar-refractivity contribution in [1.82, 2.24) is 30.2 Å². The number of unbranched alkanes of at least 4 members (excludes halogenated alkanes) is 4. The summed E-state index contributed by atoms with van der Waals surface area (Å²) >= 11 is 1.87. The van der Waals surface area contributed by atoms with Gasteiger partial charge in [0.2, 0.25) is 11.8 Å². The van der Waals surface area contributed by atoms with E-state index in [2.05, 4.69) is 38.7 Å². The molecule has 3 aliphatic rings. The molecule has 30 heteroatoms. The predicted molar refractivity (Wildman–Crippen MR) is 194 cm³/mol. The summed E-state index contributed by atoms with van der Waals surface area (Å²) < 4.78 is 52.8. The van der Waals surface area contributed by atoms with Gasteiger partial charge in [0.15, 0.2) is 11.2 Å². The fourth-order valence-electron chi connectivity index (χ4n) is 6.23. The summed E-state index contributed by atoms with van der Waals surface area (Å²) in [7, 11) is -17.0. The number of aromatic nitrogens is 4. The lowest BCUT2D eigenvalue weighted by atomic mass is 10.0. The molecule has 3 aliphatic heterocycles. The fraction of sp³-hybridized carbons (Fsp3) is 0.731. The highest BCUT2D eigenvalue weighted by Crippen LogP contribution is 2.66. The van der Waals surface area contributed by atoms with E-state index < -0.39 is 65.8 Å². The average Bonchev–Trinajstić information content (AvgIpc) is 3.79. The monoisotopic (exact) mass is 881 g/mol. The maximum atomic E-state index is 12.5. The summed E-state index contributed by atoms with van der Waals surface area (Å²) in [5.41, 5.74) is 16.4. The first-order chi connectivity index (χ1) is 26.1. The highest BCUT2D eigenvalue weighted by atomic mass is 32.2. The number of aliphatic hydroxyl groups excluding tert-OH is 2. The Morgan fingerprint density at radius 3 is 2.36 bits per heavy atom. The van der Waals surface area contributed by atoms with E-state index in [1.54, 1.807) is 0 Å². The number of nitrogen functional groups attached to an aromatic ring is 1. The molecular weight excluding hydrogens is 835 g/mol. The Kier molecular flexibility index (Phi) is 15.7. The van der Waals surface area contributed by atoms with Crippen LogP contribution in [0.15, 0.2) is 4.79 Å². The Morgan fingerprint density at radius 1 is 1.00 bits per heavy atom. The number of aliphatic hydroxyl groups is 2. The first kappa shape index (κ1) is 46.1. The number of aryl methyl sites for hydroxylation is 1. The second kappa shape index (κ2) is 19.0. The summed E-state index contributed by atoms with van der Waals surface area (Å²) in [4.78, 5) is 80.7. The number of phosphoric acid groups is 3. The summed E-state index contributed by atoms with van der Waals surface area (Å²) in [6.45, 7) is -0.610. The number of H-pyrrole nitrogens is 1. The maximum absolute atomic E-state index is 12.5. The number of hydrogen-bond acceptors (Lipinski definition) is 18. The molecule has 5 heterocycles. The molecule has 2 aromatic heterocycles. The zero-order chi connectivity index (χ0) is 41.6. The number of hydrogen-bond donors (Lipinski definition) is 13. The number of nitrogens with two attached hydrogens (primary N) is 3. The molecule has 0 spiro atoms. The quantitative estimate of drug-likeness (QED) is 0.0438. The molecule has 2 unspecified atom stereocenters. The van der Waals surface area contributed by atoms with Crippen molar-refractivity contribution in [3.05, 3.63) is 16.2 Å². The van der Waals surface area contributed by atoms with Crippen molar-refractivity contribution in [3.8, 4) is 0 Å². The van der Waals surface area contributed by atoms with Crippen LogP contribution in [0, 0.1) is 0 Å². The molecule has 0 aliphatic carbocycles. The van der Waals surface area contributed by atoms with Crippen molar-refractivity contribution in [2.24, 2.45) is 11.5 Å². The van der Waals surface area contributed by atoms with Crippen molar-refractivity contribution in [3.63, 3.8) is 0 Å². The number of rotatable bonds is 19. The number of fused-ring (bicyclic) bond motifs is 2. The topological polar surface area (TPSA) is 430 Å². The van der Waals surface area contributed by atoms with E-state index in [0.29, 0.717) is 18.2 Å². The predicted octanol–water partition coefficient (Wildman–Crippen LogP) is -1.41. The number of nitrogens with one attached hydrogen (secondary N) is 3. The lowest BCUT2D eigenvalue weighted by Gasteiger charge is -2.30. The van der Waals surface area contributed by atoms with Crippen LogP contribution in [-0.2, 0) is 48.6 Å². The van der Waals surface area contributed by atoms with Gasteiger partial charge in [-0.3, -0.25) is 29.4 Å². The van der Waals surface area contributed by atoms with Crippen LogP contribution >= 0.6 is 35.2 Å². The van der Waals surface area contributed by atoms with Gasteiger partial charge in [0.05, 0.1) is 18.7 Å². The van der Waals surface area contributed by atoms with Gasteiger partial charge in [-0.25, -0.2) is 23.5 Å². The van der Waals surface area contributed by atoms with Crippen molar-refractivity contribution in [2.45, 2.75) is 99.3 Å². The number of carbonyl (C=O) groups is 2. The standard InChI is InChI=1S/C16H30N7O14P3.C10H16N2O3S/c17-6-4-2-1-3-5-9-20-10-13(21-15(18)22-14(10)26)23(9)16(19)12(25)11(24)8(35-16)7-34-39(30,31)37-40(32,33)36-38(27,28)29;13-8(14)4-2-1-3-7-9-6(5-16-7)11-10(15)12-9/h8,11-12,24-25H,1-7,17,19H2,(H,30,31)(H,32,33)(H2,27,28,29)(H3,18,21,22,26);6-7,9H,1-5H2,(H,13,14)(H2,11,12,15)/t8-,11-,12-,16+;6-,7-,9-/m10/s1. The molecule has 56 heavy (non-hydrogen) atoms. The van der Waals surface area contributed by atoms with E-state index >= 15 is 0 Å². The number of ether oxygens (including phenoxy) is 1.